The second kappa shape index (κ2) is 6.18. The van der Waals surface area contributed by atoms with Crippen molar-refractivity contribution in [2.75, 3.05) is 13.2 Å². The zero-order chi connectivity index (χ0) is 14.8. The first-order valence-electron chi connectivity index (χ1n) is 7.75. The summed E-state index contributed by atoms with van der Waals surface area (Å²) in [5.41, 5.74) is 2.32. The Morgan fingerprint density at radius 1 is 0.636 bits per heavy atom. The molecule has 2 saturated heterocycles. The topological polar surface area (TPSA) is 42.5 Å². The molecule has 2 aliphatic rings. The second-order valence-corrected chi connectivity index (χ2v) is 5.79. The number of hydrogen-bond donors (Lipinski definition) is 2. The number of rotatable bonds is 2. The van der Waals surface area contributed by atoms with Crippen LogP contribution in [0.1, 0.15) is 23.6 Å². The van der Waals surface area contributed by atoms with E-state index in [1.54, 1.807) is 0 Å². The van der Waals surface area contributed by atoms with Crippen molar-refractivity contribution < 1.29 is 9.47 Å². The summed E-state index contributed by atoms with van der Waals surface area (Å²) in [6, 6.07) is 21.0. The predicted octanol–water partition coefficient (Wildman–Crippen LogP) is 2.36. The molecule has 4 heteroatoms. The third kappa shape index (κ3) is 2.78. The lowest BCUT2D eigenvalue weighted by Crippen LogP contribution is -2.62. The molecular weight excluding hydrogens is 276 g/mol. The molecule has 2 fully saturated rings. The summed E-state index contributed by atoms with van der Waals surface area (Å²) >= 11 is 0. The Morgan fingerprint density at radius 2 is 1.05 bits per heavy atom. The maximum Gasteiger partial charge on any atom is 0.134 e. The van der Waals surface area contributed by atoms with Gasteiger partial charge in [0, 0.05) is 0 Å². The lowest BCUT2D eigenvalue weighted by atomic mass is 10.0. The van der Waals surface area contributed by atoms with Crippen molar-refractivity contribution >= 4 is 0 Å². The maximum atomic E-state index is 5.99. The van der Waals surface area contributed by atoms with Crippen LogP contribution in [0.3, 0.4) is 0 Å². The lowest BCUT2D eigenvalue weighted by Gasteiger charge is -2.43. The summed E-state index contributed by atoms with van der Waals surface area (Å²) in [4.78, 5) is 0. The molecule has 22 heavy (non-hydrogen) atoms. The first-order chi connectivity index (χ1) is 10.9. The summed E-state index contributed by atoms with van der Waals surface area (Å²) in [5.74, 6) is 0. The first kappa shape index (κ1) is 13.9. The highest BCUT2D eigenvalue weighted by molar-refractivity contribution is 5.20. The zero-order valence-electron chi connectivity index (χ0n) is 12.3. The van der Waals surface area contributed by atoms with Crippen LogP contribution >= 0.6 is 0 Å². The van der Waals surface area contributed by atoms with Gasteiger partial charge in [-0.2, -0.15) is 0 Å². The highest BCUT2D eigenvalue weighted by Crippen LogP contribution is 2.26. The Bertz CT molecular complexity index is 549. The largest absolute Gasteiger partial charge is 0.357 e. The van der Waals surface area contributed by atoms with E-state index in [1.165, 1.54) is 0 Å². The van der Waals surface area contributed by atoms with Gasteiger partial charge in [-0.15, -0.1) is 0 Å². The van der Waals surface area contributed by atoms with Crippen LogP contribution in [0.15, 0.2) is 60.7 Å². The van der Waals surface area contributed by atoms with E-state index in [1.807, 2.05) is 36.4 Å². The maximum absolute atomic E-state index is 5.99. The molecule has 114 valence electrons. The number of benzene rings is 2. The van der Waals surface area contributed by atoms with E-state index in [9.17, 15) is 0 Å². The van der Waals surface area contributed by atoms with Crippen LogP contribution in [0.25, 0.3) is 0 Å². The molecule has 0 aromatic heterocycles. The van der Waals surface area contributed by atoms with Crippen LogP contribution in [0.4, 0.5) is 0 Å². The number of nitrogens with one attached hydrogen (secondary N) is 2. The van der Waals surface area contributed by atoms with Crippen LogP contribution in [0.5, 0.6) is 0 Å². The molecule has 0 amide bonds. The molecule has 4 rings (SSSR count). The van der Waals surface area contributed by atoms with Gasteiger partial charge in [-0.25, -0.2) is 0 Å². The predicted molar refractivity (Wildman–Crippen MR) is 84.1 cm³/mol. The van der Waals surface area contributed by atoms with Crippen molar-refractivity contribution in [3.05, 3.63) is 71.8 Å². The summed E-state index contributed by atoms with van der Waals surface area (Å²) in [6.45, 7) is 1.37. The second-order valence-electron chi connectivity index (χ2n) is 5.79. The monoisotopic (exact) mass is 296 g/mol. The molecule has 2 aromatic rings. The quantitative estimate of drug-likeness (QED) is 0.893. The number of fused-ring (bicyclic) bond motifs is 1. The molecule has 0 aliphatic carbocycles. The third-order valence-corrected chi connectivity index (χ3v) is 4.31. The van der Waals surface area contributed by atoms with Gasteiger partial charge in [-0.3, -0.25) is 10.6 Å². The molecule has 2 heterocycles. The van der Waals surface area contributed by atoms with Crippen molar-refractivity contribution in [3.8, 4) is 0 Å². The normalized spacial score (nSPS) is 31.5. The summed E-state index contributed by atoms with van der Waals surface area (Å²) in [5, 5.41) is 7.07. The van der Waals surface area contributed by atoms with Gasteiger partial charge in [-0.1, -0.05) is 60.7 Å². The molecule has 0 bridgehead atoms. The van der Waals surface area contributed by atoms with Gasteiger partial charge in [0.05, 0.1) is 25.3 Å². The molecule has 0 radical (unpaired) electrons. The summed E-state index contributed by atoms with van der Waals surface area (Å²) in [7, 11) is 0. The molecule has 4 nitrogen and oxygen atoms in total. The summed E-state index contributed by atoms with van der Waals surface area (Å²) < 4.78 is 12.0. The van der Waals surface area contributed by atoms with Crippen molar-refractivity contribution in [1.82, 2.24) is 10.6 Å². The average Bonchev–Trinajstić information content (AvgIpc) is 2.62. The molecule has 0 spiro atoms. The van der Waals surface area contributed by atoms with Crippen LogP contribution in [-0.4, -0.2) is 25.3 Å². The van der Waals surface area contributed by atoms with Gasteiger partial charge in [0.25, 0.3) is 0 Å². The van der Waals surface area contributed by atoms with E-state index < -0.39 is 0 Å². The van der Waals surface area contributed by atoms with Crippen molar-refractivity contribution in [2.45, 2.75) is 24.5 Å². The van der Waals surface area contributed by atoms with E-state index in [2.05, 4.69) is 34.9 Å². The van der Waals surface area contributed by atoms with E-state index in [4.69, 9.17) is 9.47 Å². The van der Waals surface area contributed by atoms with E-state index in [0.29, 0.717) is 13.2 Å². The SMILES string of the molecule is c1ccc([C@H]2NC3CO[C@@H](c4ccccc4)NC3CO2)cc1. The van der Waals surface area contributed by atoms with Gasteiger partial charge in [0.15, 0.2) is 0 Å². The van der Waals surface area contributed by atoms with Gasteiger partial charge in [0.2, 0.25) is 0 Å². The number of ether oxygens (including phenoxy) is 2. The van der Waals surface area contributed by atoms with Crippen molar-refractivity contribution in [1.29, 1.82) is 0 Å². The van der Waals surface area contributed by atoms with Crippen LogP contribution < -0.4 is 10.6 Å². The Hall–Kier alpha value is -1.72. The molecular formula is C18H20N2O2. The molecule has 2 aromatic carbocycles. The van der Waals surface area contributed by atoms with E-state index in [0.717, 1.165) is 11.1 Å². The molecule has 0 saturated carbocycles. The van der Waals surface area contributed by atoms with E-state index in [-0.39, 0.29) is 24.5 Å². The smallest absolute Gasteiger partial charge is 0.134 e. The number of hydrogen-bond acceptors (Lipinski definition) is 4. The third-order valence-electron chi connectivity index (χ3n) is 4.31. The summed E-state index contributed by atoms with van der Waals surface area (Å²) in [6.07, 6.45) is -0.109. The fraction of sp³-hybridized carbons (Fsp3) is 0.333. The molecule has 2 unspecified atom stereocenters. The highest BCUT2D eigenvalue weighted by Gasteiger charge is 2.36. The van der Waals surface area contributed by atoms with Crippen molar-refractivity contribution in [3.63, 3.8) is 0 Å². The Kier molecular flexibility index (Phi) is 3.91. The van der Waals surface area contributed by atoms with Crippen molar-refractivity contribution in [2.24, 2.45) is 0 Å². The van der Waals surface area contributed by atoms with Gasteiger partial charge in [0.1, 0.15) is 12.5 Å². The van der Waals surface area contributed by atoms with Crippen LogP contribution in [0.2, 0.25) is 0 Å². The zero-order valence-corrected chi connectivity index (χ0v) is 12.3. The minimum atomic E-state index is -0.0545. The molecule has 2 N–H and O–H groups in total. The fourth-order valence-electron chi connectivity index (χ4n) is 3.09. The molecule has 2 aliphatic heterocycles. The first-order valence-corrected chi connectivity index (χ1v) is 7.75. The Balaban J connectivity index is 1.43. The standard InChI is InChI=1S/C18H20N2O2/c1-3-7-13(8-4-1)17-19-15-12-22-18(20-16(15)11-21-17)14-9-5-2-6-10-14/h1-10,15-20H,11-12H2/t15?,16?,17-,18-/m0/s1. The Labute approximate surface area is 130 Å². The Morgan fingerprint density at radius 3 is 1.45 bits per heavy atom. The lowest BCUT2D eigenvalue weighted by molar-refractivity contribution is -0.115. The van der Waals surface area contributed by atoms with Gasteiger partial charge in [-0.05, 0) is 11.1 Å². The fourth-order valence-corrected chi connectivity index (χ4v) is 3.09. The van der Waals surface area contributed by atoms with Crippen LogP contribution in [0, 0.1) is 0 Å². The van der Waals surface area contributed by atoms with Gasteiger partial charge >= 0.3 is 0 Å². The van der Waals surface area contributed by atoms with Crippen LogP contribution in [-0.2, 0) is 9.47 Å². The van der Waals surface area contributed by atoms with E-state index >= 15 is 0 Å². The minimum Gasteiger partial charge on any atom is -0.357 e. The average molecular weight is 296 g/mol. The van der Waals surface area contributed by atoms with Gasteiger partial charge < -0.3 is 9.47 Å². The minimum absolute atomic E-state index is 0.0545. The highest BCUT2D eigenvalue weighted by atomic mass is 16.5. The molecule has 4 atom stereocenters.